The zero-order valence-electron chi connectivity index (χ0n) is 19.4. The normalized spacial score (nSPS) is 14.5. The van der Waals surface area contributed by atoms with Crippen LogP contribution in [0.15, 0.2) is 63.4 Å². The molecule has 1 unspecified atom stereocenters. The summed E-state index contributed by atoms with van der Waals surface area (Å²) in [6, 6.07) is 15.3. The zero-order chi connectivity index (χ0) is 24.1. The van der Waals surface area contributed by atoms with Gasteiger partial charge in [0.15, 0.2) is 16.7 Å². The Balaban J connectivity index is 1.50. The van der Waals surface area contributed by atoms with Gasteiger partial charge in [0.25, 0.3) is 5.56 Å². The second-order valence-electron chi connectivity index (χ2n) is 7.90. The summed E-state index contributed by atoms with van der Waals surface area (Å²) in [5.74, 6) is 1.07. The molecule has 0 bridgehead atoms. The maximum atomic E-state index is 13.3. The summed E-state index contributed by atoms with van der Waals surface area (Å²) < 4.78 is 12.3. The fraction of sp³-hybridized carbons (Fsp3) is 0.320. The first-order valence-corrected chi connectivity index (χ1v) is 12.8. The van der Waals surface area contributed by atoms with Gasteiger partial charge in [-0.25, -0.2) is 4.98 Å². The second-order valence-corrected chi connectivity index (χ2v) is 10.3. The van der Waals surface area contributed by atoms with E-state index in [1.807, 2.05) is 30.3 Å². The Labute approximate surface area is 207 Å². The van der Waals surface area contributed by atoms with Crippen molar-refractivity contribution in [3.63, 3.8) is 0 Å². The lowest BCUT2D eigenvalue weighted by atomic mass is 10.1. The minimum Gasteiger partial charge on any atom is -0.493 e. The van der Waals surface area contributed by atoms with Gasteiger partial charge in [-0.2, -0.15) is 0 Å². The quantitative estimate of drug-likeness (QED) is 0.349. The van der Waals surface area contributed by atoms with E-state index in [0.29, 0.717) is 40.6 Å². The van der Waals surface area contributed by atoms with E-state index in [9.17, 15) is 9.59 Å². The first-order chi connectivity index (χ1) is 16.5. The van der Waals surface area contributed by atoms with Crippen LogP contribution >= 0.6 is 23.5 Å². The number of nitrogens with zero attached hydrogens (tertiary/aromatic N) is 2. The smallest absolute Gasteiger partial charge is 0.268 e. The monoisotopic (exact) mass is 497 g/mol. The van der Waals surface area contributed by atoms with Crippen LogP contribution in [0.3, 0.4) is 0 Å². The van der Waals surface area contributed by atoms with Crippen LogP contribution in [0.4, 0.5) is 5.69 Å². The average molecular weight is 498 g/mol. The third kappa shape index (κ3) is 5.59. The molecule has 1 aliphatic heterocycles. The molecule has 1 aromatic heterocycles. The van der Waals surface area contributed by atoms with Crippen molar-refractivity contribution < 1.29 is 14.3 Å². The predicted molar refractivity (Wildman–Crippen MR) is 137 cm³/mol. The predicted octanol–water partition coefficient (Wildman–Crippen LogP) is 4.27. The van der Waals surface area contributed by atoms with Crippen LogP contribution in [-0.4, -0.2) is 40.7 Å². The first-order valence-electron chi connectivity index (χ1n) is 11.0. The maximum Gasteiger partial charge on any atom is 0.268 e. The summed E-state index contributed by atoms with van der Waals surface area (Å²) >= 11 is 2.87. The molecule has 9 heteroatoms. The number of fused-ring (bicyclic) bond motifs is 1. The van der Waals surface area contributed by atoms with Crippen molar-refractivity contribution in [1.29, 1.82) is 0 Å². The molecule has 0 aliphatic carbocycles. The molecule has 4 rings (SSSR count). The van der Waals surface area contributed by atoms with Gasteiger partial charge in [0.05, 0.1) is 30.6 Å². The SMILES string of the molecule is COc1ccc(NC(=O)CSc2nc3c(c(=O)n2CCc2ccccc2)SC(C)C3)cc1OC. The van der Waals surface area contributed by atoms with E-state index in [-0.39, 0.29) is 17.2 Å². The van der Waals surface area contributed by atoms with E-state index < -0.39 is 0 Å². The Morgan fingerprint density at radius 1 is 1.18 bits per heavy atom. The van der Waals surface area contributed by atoms with Crippen LogP contribution in [0, 0.1) is 0 Å². The van der Waals surface area contributed by atoms with Gasteiger partial charge in [0, 0.05) is 30.0 Å². The molecule has 1 atom stereocenters. The molecule has 1 aliphatic rings. The Hall–Kier alpha value is -2.91. The van der Waals surface area contributed by atoms with Crippen LogP contribution in [-0.2, 0) is 24.2 Å². The number of nitrogens with one attached hydrogen (secondary N) is 1. The molecule has 0 fully saturated rings. The van der Waals surface area contributed by atoms with Crippen LogP contribution in [0.1, 0.15) is 18.2 Å². The van der Waals surface area contributed by atoms with Gasteiger partial charge in [0.2, 0.25) is 5.91 Å². The van der Waals surface area contributed by atoms with E-state index >= 15 is 0 Å². The third-order valence-electron chi connectivity index (χ3n) is 5.43. The lowest BCUT2D eigenvalue weighted by molar-refractivity contribution is -0.113. The molecule has 0 spiro atoms. The largest absolute Gasteiger partial charge is 0.493 e. The number of anilines is 1. The van der Waals surface area contributed by atoms with Crippen LogP contribution in [0.2, 0.25) is 0 Å². The average Bonchev–Trinajstić information content (AvgIpc) is 3.23. The van der Waals surface area contributed by atoms with Crippen molar-refractivity contribution in [1.82, 2.24) is 9.55 Å². The summed E-state index contributed by atoms with van der Waals surface area (Å²) in [7, 11) is 3.11. The minimum atomic E-state index is -0.190. The fourth-order valence-corrected chi connectivity index (χ4v) is 5.72. The molecule has 3 aromatic rings. The van der Waals surface area contributed by atoms with Gasteiger partial charge >= 0.3 is 0 Å². The minimum absolute atomic E-state index is 0.0157. The van der Waals surface area contributed by atoms with Gasteiger partial charge in [0.1, 0.15) is 0 Å². The summed E-state index contributed by atoms with van der Waals surface area (Å²) in [6.45, 7) is 2.61. The Bertz CT molecular complexity index is 1230. The summed E-state index contributed by atoms with van der Waals surface area (Å²) in [5.41, 5.74) is 2.58. The van der Waals surface area contributed by atoms with Crippen molar-refractivity contribution in [3.8, 4) is 11.5 Å². The van der Waals surface area contributed by atoms with E-state index in [1.165, 1.54) is 11.8 Å². The van der Waals surface area contributed by atoms with Crippen LogP contribution in [0.5, 0.6) is 11.5 Å². The zero-order valence-corrected chi connectivity index (χ0v) is 21.0. The molecule has 178 valence electrons. The van der Waals surface area contributed by atoms with Crippen LogP contribution < -0.4 is 20.3 Å². The number of ether oxygens (including phenoxy) is 2. The summed E-state index contributed by atoms with van der Waals surface area (Å²) in [5, 5.41) is 3.78. The molecule has 1 amide bonds. The summed E-state index contributed by atoms with van der Waals surface area (Å²) in [6.07, 6.45) is 1.48. The van der Waals surface area contributed by atoms with Crippen molar-refractivity contribution in [2.24, 2.45) is 0 Å². The molecule has 2 aromatic carbocycles. The molecule has 0 radical (unpaired) electrons. The molecule has 1 N–H and O–H groups in total. The van der Waals surface area contributed by atoms with E-state index in [4.69, 9.17) is 14.5 Å². The number of benzene rings is 2. The maximum absolute atomic E-state index is 13.3. The Morgan fingerprint density at radius 2 is 1.94 bits per heavy atom. The molecule has 7 nitrogen and oxygen atoms in total. The Morgan fingerprint density at radius 3 is 2.68 bits per heavy atom. The van der Waals surface area contributed by atoms with E-state index in [2.05, 4.69) is 12.2 Å². The van der Waals surface area contributed by atoms with Crippen molar-refractivity contribution in [3.05, 3.63) is 70.1 Å². The number of aromatic nitrogens is 2. The highest BCUT2D eigenvalue weighted by atomic mass is 32.2. The number of rotatable bonds is 9. The fourth-order valence-electron chi connectivity index (χ4n) is 3.77. The highest BCUT2D eigenvalue weighted by Crippen LogP contribution is 2.34. The van der Waals surface area contributed by atoms with Gasteiger partial charge in [-0.05, 0) is 24.1 Å². The molecule has 0 saturated heterocycles. The Kier molecular flexibility index (Phi) is 7.84. The van der Waals surface area contributed by atoms with Crippen molar-refractivity contribution in [2.75, 3.05) is 25.3 Å². The molecule has 2 heterocycles. The van der Waals surface area contributed by atoms with E-state index in [1.54, 1.807) is 48.7 Å². The van der Waals surface area contributed by atoms with E-state index in [0.717, 1.165) is 22.6 Å². The van der Waals surface area contributed by atoms with Gasteiger partial charge in [-0.1, -0.05) is 49.0 Å². The number of carbonyl (C=O) groups excluding carboxylic acids is 1. The lowest BCUT2D eigenvalue weighted by Gasteiger charge is -2.14. The topological polar surface area (TPSA) is 82.5 Å². The highest BCUT2D eigenvalue weighted by Gasteiger charge is 2.26. The number of carbonyl (C=O) groups is 1. The molecular weight excluding hydrogens is 470 g/mol. The number of hydrogen-bond acceptors (Lipinski definition) is 7. The number of hydrogen-bond donors (Lipinski definition) is 1. The lowest BCUT2D eigenvalue weighted by Crippen LogP contribution is -2.27. The number of thioether (sulfide) groups is 2. The third-order valence-corrected chi connectivity index (χ3v) is 7.62. The van der Waals surface area contributed by atoms with Crippen molar-refractivity contribution >= 4 is 35.1 Å². The second kappa shape index (κ2) is 11.0. The standard InChI is InChI=1S/C25H27N3O4S2/c1-16-13-19-23(34-16)24(30)28(12-11-17-7-5-4-6-8-17)25(27-19)33-15-22(29)26-18-9-10-20(31-2)21(14-18)32-3/h4-10,14,16H,11-13,15H2,1-3H3,(H,26,29). The van der Waals surface area contributed by atoms with Crippen molar-refractivity contribution in [2.45, 2.75) is 41.6 Å². The van der Waals surface area contributed by atoms with Gasteiger partial charge < -0.3 is 14.8 Å². The number of aryl methyl sites for hydroxylation is 1. The molecule has 34 heavy (non-hydrogen) atoms. The first kappa shape index (κ1) is 24.2. The van der Waals surface area contributed by atoms with Crippen LogP contribution in [0.25, 0.3) is 0 Å². The van der Waals surface area contributed by atoms with Gasteiger partial charge in [-0.3, -0.25) is 14.2 Å². The molecular formula is C25H27N3O4S2. The molecule has 0 saturated carbocycles. The number of methoxy groups -OCH3 is 2. The summed E-state index contributed by atoms with van der Waals surface area (Å²) in [4.78, 5) is 31.5. The number of amides is 1. The highest BCUT2D eigenvalue weighted by molar-refractivity contribution is 8.00. The van der Waals surface area contributed by atoms with Gasteiger partial charge in [-0.15, -0.1) is 11.8 Å².